The Labute approximate surface area is 174 Å². The summed E-state index contributed by atoms with van der Waals surface area (Å²) in [7, 11) is -3.39. The number of carbonyl (C=O) groups is 1. The Kier molecular flexibility index (Phi) is 5.13. The lowest BCUT2D eigenvalue weighted by Crippen LogP contribution is -2.15. The predicted octanol–water partition coefficient (Wildman–Crippen LogP) is 4.45. The van der Waals surface area contributed by atoms with Crippen molar-refractivity contribution in [2.24, 2.45) is 0 Å². The number of hydrogen-bond donors (Lipinski definition) is 2. The molecule has 7 heteroatoms. The van der Waals surface area contributed by atoms with Crippen LogP contribution in [0.3, 0.4) is 0 Å². The van der Waals surface area contributed by atoms with Crippen LogP contribution in [0.4, 0.5) is 5.69 Å². The van der Waals surface area contributed by atoms with E-state index in [0.29, 0.717) is 17.7 Å². The number of rotatable bonds is 5. The molecule has 1 aromatic heterocycles. The molecule has 0 radical (unpaired) electrons. The van der Waals surface area contributed by atoms with E-state index in [9.17, 15) is 13.2 Å². The number of imidazole rings is 1. The van der Waals surface area contributed by atoms with E-state index < -0.39 is 9.84 Å². The van der Waals surface area contributed by atoms with Gasteiger partial charge < -0.3 is 10.3 Å². The molecule has 0 bridgehead atoms. The van der Waals surface area contributed by atoms with Gasteiger partial charge in [-0.3, -0.25) is 4.79 Å². The van der Waals surface area contributed by atoms with E-state index in [4.69, 9.17) is 0 Å². The molecule has 1 amide bonds. The van der Waals surface area contributed by atoms with Crippen molar-refractivity contribution in [3.63, 3.8) is 0 Å². The Hall–Kier alpha value is -3.45. The minimum Gasteiger partial charge on any atom is -0.338 e. The number of aromatic nitrogens is 2. The fourth-order valence-corrected chi connectivity index (χ4v) is 3.95. The highest BCUT2D eigenvalue weighted by molar-refractivity contribution is 7.90. The van der Waals surface area contributed by atoms with Gasteiger partial charge in [-0.1, -0.05) is 25.1 Å². The molecule has 0 spiro atoms. The summed E-state index contributed by atoms with van der Waals surface area (Å²) in [5.41, 5.74) is 4.52. The van der Waals surface area contributed by atoms with Crippen LogP contribution < -0.4 is 5.32 Å². The van der Waals surface area contributed by atoms with E-state index in [0.717, 1.165) is 34.2 Å². The standard InChI is InChI=1S/C23H21N3O3S/c1-3-15-10-13-18(30(2,28)29)14-19(15)23(27)24-17-11-8-16(9-12-17)22-25-20-6-4-5-7-21(20)26-22/h4-14H,3H2,1-2H3,(H,24,27)(H,25,26). The minimum atomic E-state index is -3.39. The van der Waals surface area contributed by atoms with E-state index in [2.05, 4.69) is 15.3 Å². The average molecular weight is 420 g/mol. The lowest BCUT2D eigenvalue weighted by Gasteiger charge is -2.11. The van der Waals surface area contributed by atoms with Crippen molar-refractivity contribution in [1.29, 1.82) is 0 Å². The summed E-state index contributed by atoms with van der Waals surface area (Å²) in [5, 5.41) is 2.85. The zero-order valence-corrected chi connectivity index (χ0v) is 17.5. The van der Waals surface area contributed by atoms with Gasteiger partial charge in [0.15, 0.2) is 9.84 Å². The molecule has 2 N–H and O–H groups in total. The van der Waals surface area contributed by atoms with Crippen LogP contribution in [0.25, 0.3) is 22.4 Å². The maximum absolute atomic E-state index is 12.8. The molecule has 152 valence electrons. The van der Waals surface area contributed by atoms with Crippen LogP contribution in [-0.2, 0) is 16.3 Å². The van der Waals surface area contributed by atoms with Gasteiger partial charge in [0.05, 0.1) is 15.9 Å². The summed E-state index contributed by atoms with van der Waals surface area (Å²) in [6, 6.07) is 19.8. The van der Waals surface area contributed by atoms with E-state index in [1.165, 1.54) is 12.1 Å². The molecular weight excluding hydrogens is 398 g/mol. The van der Waals surface area contributed by atoms with Gasteiger partial charge in [0.25, 0.3) is 5.91 Å². The molecule has 6 nitrogen and oxygen atoms in total. The molecule has 0 aliphatic heterocycles. The number of anilines is 1. The number of para-hydroxylation sites is 2. The quantitative estimate of drug-likeness (QED) is 0.500. The molecule has 30 heavy (non-hydrogen) atoms. The fraction of sp³-hybridized carbons (Fsp3) is 0.130. The fourth-order valence-electron chi connectivity index (χ4n) is 3.31. The maximum Gasteiger partial charge on any atom is 0.255 e. The van der Waals surface area contributed by atoms with Crippen LogP contribution in [0, 0.1) is 0 Å². The van der Waals surface area contributed by atoms with E-state index in [1.807, 2.05) is 43.3 Å². The highest BCUT2D eigenvalue weighted by atomic mass is 32.2. The molecule has 0 aliphatic rings. The highest BCUT2D eigenvalue weighted by Crippen LogP contribution is 2.23. The van der Waals surface area contributed by atoms with Crippen LogP contribution in [-0.4, -0.2) is 30.5 Å². The van der Waals surface area contributed by atoms with Gasteiger partial charge in [-0.05, 0) is 60.5 Å². The van der Waals surface area contributed by atoms with Crippen LogP contribution >= 0.6 is 0 Å². The van der Waals surface area contributed by atoms with E-state index in [1.54, 1.807) is 18.2 Å². The van der Waals surface area contributed by atoms with Crippen LogP contribution in [0.2, 0.25) is 0 Å². The lowest BCUT2D eigenvalue weighted by atomic mass is 10.0. The first kappa shape index (κ1) is 19.8. The van der Waals surface area contributed by atoms with Gasteiger partial charge in [0, 0.05) is 23.1 Å². The van der Waals surface area contributed by atoms with Crippen molar-refractivity contribution in [3.8, 4) is 11.4 Å². The third kappa shape index (κ3) is 3.97. The molecular formula is C23H21N3O3S. The van der Waals surface area contributed by atoms with Gasteiger partial charge in [-0.15, -0.1) is 0 Å². The number of aromatic amines is 1. The first-order chi connectivity index (χ1) is 14.3. The molecule has 3 aromatic carbocycles. The maximum atomic E-state index is 12.8. The number of amides is 1. The summed E-state index contributed by atoms with van der Waals surface area (Å²) >= 11 is 0. The first-order valence-corrected chi connectivity index (χ1v) is 11.4. The number of carbonyl (C=O) groups excluding carboxylic acids is 1. The van der Waals surface area contributed by atoms with Crippen molar-refractivity contribution in [3.05, 3.63) is 77.9 Å². The smallest absolute Gasteiger partial charge is 0.255 e. The summed E-state index contributed by atoms with van der Waals surface area (Å²) in [4.78, 5) is 20.8. The predicted molar refractivity (Wildman–Crippen MR) is 118 cm³/mol. The second-order valence-electron chi connectivity index (χ2n) is 7.08. The minimum absolute atomic E-state index is 0.130. The normalized spacial score (nSPS) is 11.5. The molecule has 0 saturated carbocycles. The topological polar surface area (TPSA) is 91.9 Å². The molecule has 4 rings (SSSR count). The Morgan fingerprint density at radius 1 is 1.03 bits per heavy atom. The molecule has 4 aromatic rings. The van der Waals surface area contributed by atoms with E-state index in [-0.39, 0.29) is 10.8 Å². The Bertz CT molecular complexity index is 1310. The van der Waals surface area contributed by atoms with Gasteiger partial charge >= 0.3 is 0 Å². The number of H-pyrrole nitrogens is 1. The van der Waals surface area contributed by atoms with E-state index >= 15 is 0 Å². The molecule has 0 saturated heterocycles. The summed E-state index contributed by atoms with van der Waals surface area (Å²) in [6.07, 6.45) is 1.75. The SMILES string of the molecule is CCc1ccc(S(C)(=O)=O)cc1C(=O)Nc1ccc(-c2nc3ccccc3[nH]2)cc1. The number of nitrogens with zero attached hydrogens (tertiary/aromatic N) is 1. The molecule has 0 unspecified atom stereocenters. The van der Waals surface area contributed by atoms with Crippen molar-refractivity contribution >= 4 is 32.5 Å². The molecule has 1 heterocycles. The first-order valence-electron chi connectivity index (χ1n) is 9.54. The van der Waals surface area contributed by atoms with Gasteiger partial charge in [0.2, 0.25) is 0 Å². The molecule has 0 aliphatic carbocycles. The Balaban J connectivity index is 1.58. The van der Waals surface area contributed by atoms with Crippen LogP contribution in [0.15, 0.2) is 71.6 Å². The van der Waals surface area contributed by atoms with Crippen molar-refractivity contribution in [1.82, 2.24) is 9.97 Å². The van der Waals surface area contributed by atoms with Gasteiger partial charge in [-0.2, -0.15) is 0 Å². The summed E-state index contributed by atoms with van der Waals surface area (Å²) in [5.74, 6) is 0.414. The number of sulfone groups is 1. The third-order valence-corrected chi connectivity index (χ3v) is 6.05. The number of hydrogen-bond acceptors (Lipinski definition) is 4. The highest BCUT2D eigenvalue weighted by Gasteiger charge is 2.16. The number of benzene rings is 3. The second kappa shape index (κ2) is 7.76. The van der Waals surface area contributed by atoms with Crippen molar-refractivity contribution in [2.45, 2.75) is 18.2 Å². The molecule has 0 atom stereocenters. The van der Waals surface area contributed by atoms with Crippen LogP contribution in [0.1, 0.15) is 22.8 Å². The largest absolute Gasteiger partial charge is 0.338 e. The third-order valence-electron chi connectivity index (χ3n) is 4.94. The summed E-state index contributed by atoms with van der Waals surface area (Å²) < 4.78 is 23.7. The number of aryl methyl sites for hydroxylation is 1. The van der Waals surface area contributed by atoms with Crippen LogP contribution in [0.5, 0.6) is 0 Å². The lowest BCUT2D eigenvalue weighted by molar-refractivity contribution is 0.102. The average Bonchev–Trinajstić information content (AvgIpc) is 3.17. The molecule has 0 fully saturated rings. The Morgan fingerprint density at radius 2 is 1.77 bits per heavy atom. The zero-order valence-electron chi connectivity index (χ0n) is 16.6. The summed E-state index contributed by atoms with van der Waals surface area (Å²) in [6.45, 7) is 1.92. The second-order valence-corrected chi connectivity index (χ2v) is 9.09. The van der Waals surface area contributed by atoms with Gasteiger partial charge in [0.1, 0.15) is 5.82 Å². The van der Waals surface area contributed by atoms with Crippen molar-refractivity contribution < 1.29 is 13.2 Å². The Morgan fingerprint density at radius 3 is 2.43 bits per heavy atom. The zero-order chi connectivity index (χ0) is 21.3. The number of fused-ring (bicyclic) bond motifs is 1. The number of nitrogens with one attached hydrogen (secondary N) is 2. The van der Waals surface area contributed by atoms with Gasteiger partial charge in [-0.25, -0.2) is 13.4 Å². The van der Waals surface area contributed by atoms with Crippen molar-refractivity contribution in [2.75, 3.05) is 11.6 Å². The monoisotopic (exact) mass is 419 g/mol.